The first kappa shape index (κ1) is 19.4. The van der Waals surface area contributed by atoms with Gasteiger partial charge in [-0.1, -0.05) is 29.4 Å². The Bertz CT molecular complexity index is 822. The van der Waals surface area contributed by atoms with E-state index < -0.39 is 21.8 Å². The molecule has 0 saturated carbocycles. The first-order chi connectivity index (χ1) is 11.6. The maximum Gasteiger partial charge on any atom is 0.471 e. The van der Waals surface area contributed by atoms with E-state index in [2.05, 4.69) is 19.0 Å². The molecule has 0 aliphatic rings. The van der Waals surface area contributed by atoms with E-state index in [1.165, 1.54) is 0 Å². The van der Waals surface area contributed by atoms with Crippen molar-refractivity contribution >= 4 is 9.73 Å². The molecule has 1 atom stereocenters. The molecule has 6 nitrogen and oxygen atoms in total. The Labute approximate surface area is 144 Å². The number of halogens is 3. The number of aromatic nitrogens is 2. The first-order valence-electron chi connectivity index (χ1n) is 7.37. The van der Waals surface area contributed by atoms with Crippen molar-refractivity contribution in [2.45, 2.75) is 12.7 Å². The van der Waals surface area contributed by atoms with Crippen LogP contribution in [-0.4, -0.2) is 51.9 Å². The molecule has 0 N–H and O–H groups in total. The maximum absolute atomic E-state index is 12.5. The van der Waals surface area contributed by atoms with Crippen LogP contribution < -0.4 is 0 Å². The maximum atomic E-state index is 12.5. The first-order valence-corrected chi connectivity index (χ1v) is 9.46. The number of nitrogens with zero attached hydrogens (tertiary/aromatic N) is 4. The zero-order valence-corrected chi connectivity index (χ0v) is 14.9. The molecule has 10 heteroatoms. The highest BCUT2D eigenvalue weighted by molar-refractivity contribution is 7.92. The fourth-order valence-electron chi connectivity index (χ4n) is 1.84. The predicted octanol–water partition coefficient (Wildman–Crippen LogP) is 2.91. The summed E-state index contributed by atoms with van der Waals surface area (Å²) in [6.45, 7) is 0.945. The lowest BCUT2D eigenvalue weighted by molar-refractivity contribution is -0.159. The van der Waals surface area contributed by atoms with E-state index in [1.54, 1.807) is 30.5 Å². The highest BCUT2D eigenvalue weighted by Crippen LogP contribution is 2.29. The lowest BCUT2D eigenvalue weighted by Gasteiger charge is -2.10. The molecule has 25 heavy (non-hydrogen) atoms. The fourth-order valence-corrected chi connectivity index (χ4v) is 3.10. The molecule has 1 aromatic heterocycles. The molecule has 138 valence electrons. The lowest BCUT2D eigenvalue weighted by Crippen LogP contribution is -2.21. The standard InChI is InChI=1S/C15H19F3N4O2S/c1-22(2)8-9-25(3,23)19-10-11-4-6-12(7-5-11)13-20-14(24-21-13)15(16,17)18/h4-7H,8-10H2,1-3H3. The Morgan fingerprint density at radius 1 is 1.24 bits per heavy atom. The van der Waals surface area contributed by atoms with Gasteiger partial charge in [0.1, 0.15) is 0 Å². The van der Waals surface area contributed by atoms with Crippen molar-refractivity contribution in [1.29, 1.82) is 0 Å². The van der Waals surface area contributed by atoms with Crippen LogP contribution in [0, 0.1) is 0 Å². The molecule has 1 aromatic carbocycles. The van der Waals surface area contributed by atoms with Crippen molar-refractivity contribution in [2.75, 3.05) is 32.6 Å². The number of rotatable bonds is 6. The second-order valence-corrected chi connectivity index (χ2v) is 8.46. The van der Waals surface area contributed by atoms with Crippen LogP contribution in [0.2, 0.25) is 0 Å². The summed E-state index contributed by atoms with van der Waals surface area (Å²) in [5, 5.41) is 3.33. The van der Waals surface area contributed by atoms with Gasteiger partial charge in [0.25, 0.3) is 0 Å². The van der Waals surface area contributed by atoms with Crippen molar-refractivity contribution < 1.29 is 21.9 Å². The Morgan fingerprint density at radius 2 is 1.88 bits per heavy atom. The summed E-state index contributed by atoms with van der Waals surface area (Å²) in [6.07, 6.45) is -3.05. The number of alkyl halides is 3. The molecule has 0 aliphatic heterocycles. The quantitative estimate of drug-likeness (QED) is 0.775. The third-order valence-electron chi connectivity index (χ3n) is 3.32. The Balaban J connectivity index is 2.07. The van der Waals surface area contributed by atoms with Crippen LogP contribution in [-0.2, 0) is 22.5 Å². The van der Waals surface area contributed by atoms with Crippen LogP contribution in [0.5, 0.6) is 0 Å². The van der Waals surface area contributed by atoms with Crippen LogP contribution in [0.1, 0.15) is 11.5 Å². The molecule has 0 fully saturated rings. The molecule has 0 bridgehead atoms. The van der Waals surface area contributed by atoms with E-state index in [0.29, 0.717) is 17.9 Å². The molecule has 2 aromatic rings. The zero-order valence-electron chi connectivity index (χ0n) is 14.1. The third kappa shape index (κ3) is 5.82. The molecule has 0 saturated heterocycles. The molecule has 2 rings (SSSR count). The zero-order chi connectivity index (χ0) is 18.7. The van der Waals surface area contributed by atoms with Gasteiger partial charge in [-0.05, 0) is 19.7 Å². The van der Waals surface area contributed by atoms with Gasteiger partial charge >= 0.3 is 12.1 Å². The Morgan fingerprint density at radius 3 is 2.40 bits per heavy atom. The number of hydrogen-bond donors (Lipinski definition) is 0. The monoisotopic (exact) mass is 376 g/mol. The second-order valence-electron chi connectivity index (χ2n) is 5.87. The molecule has 1 heterocycles. The summed E-state index contributed by atoms with van der Waals surface area (Å²) in [5.74, 6) is -1.05. The minimum Gasteiger partial charge on any atom is -0.329 e. The van der Waals surface area contributed by atoms with Crippen LogP contribution >= 0.6 is 0 Å². The molecule has 1 unspecified atom stereocenters. The lowest BCUT2D eigenvalue weighted by atomic mass is 10.1. The summed E-state index contributed by atoms with van der Waals surface area (Å²) in [5.41, 5.74) is 1.19. The van der Waals surface area contributed by atoms with E-state index in [1.807, 2.05) is 19.0 Å². The van der Waals surface area contributed by atoms with E-state index in [4.69, 9.17) is 0 Å². The minimum absolute atomic E-state index is 0.138. The third-order valence-corrected chi connectivity index (χ3v) is 4.93. The highest BCUT2D eigenvalue weighted by Gasteiger charge is 2.38. The normalized spacial score (nSPS) is 14.5. The van der Waals surface area contributed by atoms with Gasteiger partial charge in [-0.2, -0.15) is 18.2 Å². The van der Waals surface area contributed by atoms with Crippen LogP contribution in [0.15, 0.2) is 33.2 Å². The van der Waals surface area contributed by atoms with Gasteiger partial charge in [0.05, 0.1) is 6.54 Å². The van der Waals surface area contributed by atoms with Gasteiger partial charge in [0, 0.05) is 33.8 Å². The molecular weight excluding hydrogens is 357 g/mol. The smallest absolute Gasteiger partial charge is 0.329 e. The van der Waals surface area contributed by atoms with E-state index in [-0.39, 0.29) is 12.4 Å². The van der Waals surface area contributed by atoms with Crippen molar-refractivity contribution in [2.24, 2.45) is 4.36 Å². The van der Waals surface area contributed by atoms with Crippen LogP contribution in [0.4, 0.5) is 13.2 Å². The Kier molecular flexibility index (Phi) is 5.83. The average molecular weight is 376 g/mol. The van der Waals surface area contributed by atoms with Crippen LogP contribution in [0.25, 0.3) is 11.4 Å². The van der Waals surface area contributed by atoms with Crippen molar-refractivity contribution in [3.8, 4) is 11.4 Å². The molecule has 0 aliphatic carbocycles. The summed E-state index contributed by atoms with van der Waals surface area (Å²) >= 11 is 0. The van der Waals surface area contributed by atoms with Gasteiger partial charge in [-0.15, -0.1) is 0 Å². The highest BCUT2D eigenvalue weighted by atomic mass is 32.2. The van der Waals surface area contributed by atoms with Crippen molar-refractivity contribution in [3.05, 3.63) is 35.7 Å². The average Bonchev–Trinajstić information content (AvgIpc) is 3.02. The minimum atomic E-state index is -4.67. The molecule has 0 amide bonds. The van der Waals surface area contributed by atoms with Gasteiger partial charge in [-0.25, -0.2) is 8.57 Å². The van der Waals surface area contributed by atoms with Gasteiger partial charge in [0.2, 0.25) is 5.82 Å². The fraction of sp³-hybridized carbons (Fsp3) is 0.467. The van der Waals surface area contributed by atoms with Crippen molar-refractivity contribution in [1.82, 2.24) is 15.0 Å². The van der Waals surface area contributed by atoms with Gasteiger partial charge in [-0.3, -0.25) is 0 Å². The van der Waals surface area contributed by atoms with Crippen molar-refractivity contribution in [3.63, 3.8) is 0 Å². The predicted molar refractivity (Wildman–Crippen MR) is 88.4 cm³/mol. The summed E-state index contributed by atoms with van der Waals surface area (Å²) in [4.78, 5) is 5.27. The SMILES string of the molecule is CN(C)CCS(C)(=O)=NCc1ccc(-c2noc(C(F)(F)F)n2)cc1. The molecule has 0 radical (unpaired) electrons. The second kappa shape index (κ2) is 7.52. The molecular formula is C15H19F3N4O2S. The van der Waals surface area contributed by atoms with Crippen LogP contribution in [0.3, 0.4) is 0 Å². The topological polar surface area (TPSA) is 71.6 Å². The van der Waals surface area contributed by atoms with E-state index >= 15 is 0 Å². The van der Waals surface area contributed by atoms with Gasteiger partial charge < -0.3 is 9.42 Å². The van der Waals surface area contributed by atoms with Gasteiger partial charge in [0.15, 0.2) is 0 Å². The van der Waals surface area contributed by atoms with E-state index in [0.717, 1.165) is 5.56 Å². The largest absolute Gasteiger partial charge is 0.471 e. The Hall–Kier alpha value is -1.94. The number of benzene rings is 1. The summed E-state index contributed by atoms with van der Waals surface area (Å²) in [6, 6.07) is 6.52. The summed E-state index contributed by atoms with van der Waals surface area (Å²) < 4.78 is 58.2. The van der Waals surface area contributed by atoms with E-state index in [9.17, 15) is 17.4 Å². The molecule has 0 spiro atoms. The summed E-state index contributed by atoms with van der Waals surface area (Å²) in [7, 11) is 1.52. The number of hydrogen-bond acceptors (Lipinski definition) is 6.